The van der Waals surface area contributed by atoms with E-state index in [1.807, 2.05) is 73.1 Å². The Morgan fingerprint density at radius 3 is 1.31 bits per heavy atom. The topological polar surface area (TPSA) is 84.0 Å². The highest BCUT2D eigenvalue weighted by Crippen LogP contribution is 2.27. The van der Waals surface area contributed by atoms with E-state index in [9.17, 15) is 9.59 Å². The van der Waals surface area contributed by atoms with Crippen LogP contribution in [0, 0.1) is 13.8 Å². The highest BCUT2D eigenvalue weighted by Gasteiger charge is 2.13. The molecule has 5 aromatic rings. The van der Waals surface area contributed by atoms with Crippen LogP contribution in [0.5, 0.6) is 0 Å². The molecule has 0 aliphatic rings. The predicted octanol–water partition coefficient (Wildman–Crippen LogP) is 7.06. The van der Waals surface area contributed by atoms with Crippen molar-refractivity contribution in [3.63, 3.8) is 0 Å². The highest BCUT2D eigenvalue weighted by atomic mass is 32.1. The number of aromatic nitrogens is 2. The number of carbonyl (C=O) groups is 2. The van der Waals surface area contributed by atoms with E-state index >= 15 is 0 Å². The van der Waals surface area contributed by atoms with Gasteiger partial charge in [-0.2, -0.15) is 0 Å². The highest BCUT2D eigenvalue weighted by molar-refractivity contribution is 7.14. The first-order valence-electron chi connectivity index (χ1n) is 11.2. The third kappa shape index (κ3) is 5.40. The van der Waals surface area contributed by atoms with Gasteiger partial charge in [-0.05, 0) is 38.1 Å². The van der Waals surface area contributed by atoms with Crippen LogP contribution in [0.2, 0.25) is 0 Å². The summed E-state index contributed by atoms with van der Waals surface area (Å²) in [6, 6.07) is 22.6. The molecule has 6 nitrogen and oxygen atoms in total. The second kappa shape index (κ2) is 10.2. The number of rotatable bonds is 6. The van der Waals surface area contributed by atoms with Crippen LogP contribution < -0.4 is 10.6 Å². The third-order valence-corrected chi connectivity index (χ3v) is 7.07. The lowest BCUT2D eigenvalue weighted by molar-refractivity contribution is 0.101. The molecule has 178 valence electrons. The minimum Gasteiger partial charge on any atom is -0.298 e. The molecule has 0 saturated heterocycles. The van der Waals surface area contributed by atoms with E-state index < -0.39 is 0 Å². The van der Waals surface area contributed by atoms with Gasteiger partial charge in [0.15, 0.2) is 10.3 Å². The number of thiazole rings is 2. The van der Waals surface area contributed by atoms with Crippen molar-refractivity contribution in [2.75, 3.05) is 10.6 Å². The van der Waals surface area contributed by atoms with Crippen molar-refractivity contribution < 1.29 is 9.59 Å². The molecule has 0 aliphatic heterocycles. The fourth-order valence-corrected chi connectivity index (χ4v) is 4.92. The normalized spacial score (nSPS) is 10.7. The van der Waals surface area contributed by atoms with E-state index in [0.717, 1.165) is 22.5 Å². The molecule has 2 N–H and O–H groups in total. The van der Waals surface area contributed by atoms with E-state index in [4.69, 9.17) is 0 Å². The molecule has 8 heteroatoms. The zero-order valence-electron chi connectivity index (χ0n) is 19.6. The summed E-state index contributed by atoms with van der Waals surface area (Å²) in [5.41, 5.74) is 6.86. The molecule has 0 fully saturated rings. The van der Waals surface area contributed by atoms with Crippen molar-refractivity contribution in [2.24, 2.45) is 0 Å². The standard InChI is InChI=1S/C28H22N4O2S2/c1-17-3-7-19(8-4-17)23-15-35-27(29-23)31-25(33)21-11-13-22(14-12-21)26(34)32-28-30-24(16-36-28)20-9-5-18(2)6-10-20/h3-16H,1-2H3,(H,29,31,33)(H,30,32,34). The summed E-state index contributed by atoms with van der Waals surface area (Å²) in [7, 11) is 0. The van der Waals surface area contributed by atoms with Crippen LogP contribution in [0.4, 0.5) is 10.3 Å². The third-order valence-electron chi connectivity index (χ3n) is 5.55. The smallest absolute Gasteiger partial charge is 0.257 e. The van der Waals surface area contributed by atoms with E-state index in [-0.39, 0.29) is 11.8 Å². The Hall–Kier alpha value is -4.14. The molecule has 2 amide bonds. The molecule has 0 spiro atoms. The van der Waals surface area contributed by atoms with Crippen molar-refractivity contribution >= 4 is 44.8 Å². The lowest BCUT2D eigenvalue weighted by Crippen LogP contribution is -2.14. The Balaban J connectivity index is 1.20. The number of anilines is 2. The van der Waals surface area contributed by atoms with Crippen molar-refractivity contribution in [1.82, 2.24) is 9.97 Å². The maximum Gasteiger partial charge on any atom is 0.257 e. The van der Waals surface area contributed by atoms with Gasteiger partial charge in [-0.25, -0.2) is 9.97 Å². The molecule has 2 aromatic heterocycles. The average Bonchev–Trinajstić information content (AvgIpc) is 3.55. The molecular weight excluding hydrogens is 488 g/mol. The quantitative estimate of drug-likeness (QED) is 0.256. The van der Waals surface area contributed by atoms with Gasteiger partial charge in [0.1, 0.15) is 0 Å². The van der Waals surface area contributed by atoms with Gasteiger partial charge in [-0.15, -0.1) is 22.7 Å². The van der Waals surface area contributed by atoms with Crippen LogP contribution in [0.1, 0.15) is 31.8 Å². The fraction of sp³-hybridized carbons (Fsp3) is 0.0714. The number of benzene rings is 3. The largest absolute Gasteiger partial charge is 0.298 e. The van der Waals surface area contributed by atoms with E-state index in [1.54, 1.807) is 24.3 Å². The number of nitrogens with zero attached hydrogens (tertiary/aromatic N) is 2. The monoisotopic (exact) mass is 510 g/mol. The molecule has 0 saturated carbocycles. The lowest BCUT2D eigenvalue weighted by atomic mass is 10.1. The first-order chi connectivity index (χ1) is 17.4. The molecule has 5 rings (SSSR count). The molecular formula is C28H22N4O2S2. The minimum absolute atomic E-state index is 0.283. The summed E-state index contributed by atoms with van der Waals surface area (Å²) < 4.78 is 0. The lowest BCUT2D eigenvalue weighted by Gasteiger charge is -2.05. The van der Waals surface area contributed by atoms with Gasteiger partial charge in [0, 0.05) is 33.0 Å². The summed E-state index contributed by atoms with van der Waals surface area (Å²) in [4.78, 5) is 34.4. The van der Waals surface area contributed by atoms with Crippen LogP contribution in [0.3, 0.4) is 0 Å². The number of carbonyl (C=O) groups excluding carboxylic acids is 2. The van der Waals surface area contributed by atoms with Crippen molar-refractivity contribution in [3.05, 3.63) is 106 Å². The van der Waals surface area contributed by atoms with Crippen LogP contribution in [-0.4, -0.2) is 21.8 Å². The molecule has 2 heterocycles. The molecule has 3 aromatic carbocycles. The molecule has 0 unspecified atom stereocenters. The van der Waals surface area contributed by atoms with Gasteiger partial charge in [-0.1, -0.05) is 59.7 Å². The van der Waals surface area contributed by atoms with Gasteiger partial charge in [0.25, 0.3) is 11.8 Å². The predicted molar refractivity (Wildman–Crippen MR) is 147 cm³/mol. The summed E-state index contributed by atoms with van der Waals surface area (Å²) in [6.07, 6.45) is 0. The molecule has 0 bridgehead atoms. The van der Waals surface area contributed by atoms with Gasteiger partial charge in [0.2, 0.25) is 0 Å². The van der Waals surface area contributed by atoms with E-state index in [1.165, 1.54) is 33.8 Å². The molecule has 0 radical (unpaired) electrons. The maximum absolute atomic E-state index is 12.7. The first-order valence-corrected chi connectivity index (χ1v) is 13.0. The number of amides is 2. The minimum atomic E-state index is -0.283. The Morgan fingerprint density at radius 1 is 0.583 bits per heavy atom. The van der Waals surface area contributed by atoms with Crippen molar-refractivity contribution in [3.8, 4) is 22.5 Å². The molecule has 0 atom stereocenters. The number of aryl methyl sites for hydroxylation is 2. The van der Waals surface area contributed by atoms with Gasteiger partial charge in [0.05, 0.1) is 11.4 Å². The molecule has 0 aliphatic carbocycles. The number of hydrogen-bond acceptors (Lipinski definition) is 6. The zero-order chi connectivity index (χ0) is 25.1. The Morgan fingerprint density at radius 2 is 0.944 bits per heavy atom. The summed E-state index contributed by atoms with van der Waals surface area (Å²) in [5, 5.41) is 10.5. The Bertz CT molecular complexity index is 1400. The number of nitrogens with one attached hydrogen (secondary N) is 2. The van der Waals surface area contributed by atoms with Crippen LogP contribution in [0.25, 0.3) is 22.5 Å². The van der Waals surface area contributed by atoms with E-state index in [0.29, 0.717) is 21.4 Å². The van der Waals surface area contributed by atoms with Gasteiger partial charge >= 0.3 is 0 Å². The summed E-state index contributed by atoms with van der Waals surface area (Å²) in [5.74, 6) is -0.566. The Kier molecular flexibility index (Phi) is 6.71. The summed E-state index contributed by atoms with van der Waals surface area (Å²) >= 11 is 2.74. The van der Waals surface area contributed by atoms with Crippen molar-refractivity contribution in [2.45, 2.75) is 13.8 Å². The average molecular weight is 511 g/mol. The fourth-order valence-electron chi connectivity index (χ4n) is 3.49. The van der Waals surface area contributed by atoms with Crippen LogP contribution in [0.15, 0.2) is 83.6 Å². The number of hydrogen-bond donors (Lipinski definition) is 2. The Labute approximate surface area is 216 Å². The van der Waals surface area contributed by atoms with Crippen molar-refractivity contribution in [1.29, 1.82) is 0 Å². The SMILES string of the molecule is Cc1ccc(-c2csc(NC(=O)c3ccc(C(=O)Nc4nc(-c5ccc(C)cc5)cs4)cc3)n2)cc1. The van der Waals surface area contributed by atoms with Gasteiger partial charge < -0.3 is 0 Å². The second-order valence-corrected chi connectivity index (χ2v) is 10.0. The van der Waals surface area contributed by atoms with Crippen LogP contribution >= 0.6 is 22.7 Å². The first kappa shape index (κ1) is 23.6. The van der Waals surface area contributed by atoms with E-state index in [2.05, 4.69) is 20.6 Å². The molecule has 36 heavy (non-hydrogen) atoms. The summed E-state index contributed by atoms with van der Waals surface area (Å²) in [6.45, 7) is 4.07. The van der Waals surface area contributed by atoms with Gasteiger partial charge in [-0.3, -0.25) is 20.2 Å². The second-order valence-electron chi connectivity index (χ2n) is 8.29. The zero-order valence-corrected chi connectivity index (χ0v) is 21.2. The maximum atomic E-state index is 12.7. The van der Waals surface area contributed by atoms with Crippen LogP contribution in [-0.2, 0) is 0 Å².